The average molecular weight is 365 g/mol. The Labute approximate surface area is 149 Å². The molecule has 1 heterocycles. The van der Waals surface area contributed by atoms with Crippen molar-refractivity contribution in [3.8, 4) is 0 Å². The monoisotopic (exact) mass is 365 g/mol. The van der Waals surface area contributed by atoms with Gasteiger partial charge >= 0.3 is 6.03 Å². The number of nitrogens with one attached hydrogen (secondary N) is 2. The molecule has 3 rings (SSSR count). The zero-order valence-electron chi connectivity index (χ0n) is 14.5. The van der Waals surface area contributed by atoms with E-state index in [4.69, 9.17) is 0 Å². The molecule has 2 aliphatic rings. The molecule has 0 bridgehead atoms. The number of nitrogens with zero attached hydrogens (tertiary/aromatic N) is 1. The summed E-state index contributed by atoms with van der Waals surface area (Å²) in [6.07, 6.45) is 4.95. The van der Waals surface area contributed by atoms with Crippen LogP contribution in [0.3, 0.4) is 0 Å². The Kier molecular flexibility index (Phi) is 4.93. The molecule has 1 aliphatic heterocycles. The van der Waals surface area contributed by atoms with Crippen LogP contribution in [0.4, 0.5) is 13.6 Å². The molecule has 0 aromatic heterocycles. The van der Waals surface area contributed by atoms with Crippen molar-refractivity contribution in [2.24, 2.45) is 0 Å². The predicted octanol–water partition coefficient (Wildman–Crippen LogP) is 2.18. The number of urea groups is 1. The molecule has 1 aromatic rings. The third-order valence-electron chi connectivity index (χ3n) is 5.01. The number of amides is 4. The van der Waals surface area contributed by atoms with E-state index in [1.54, 1.807) is 0 Å². The van der Waals surface area contributed by atoms with Crippen LogP contribution < -0.4 is 10.6 Å². The van der Waals surface area contributed by atoms with Crippen LogP contribution in [0.15, 0.2) is 18.2 Å². The molecule has 1 aliphatic carbocycles. The topological polar surface area (TPSA) is 78.5 Å². The molecule has 0 radical (unpaired) electrons. The van der Waals surface area contributed by atoms with Gasteiger partial charge in [-0.05, 0) is 38.0 Å². The maximum Gasteiger partial charge on any atom is 0.325 e. The van der Waals surface area contributed by atoms with Crippen LogP contribution in [0.2, 0.25) is 0 Å². The first-order valence-electron chi connectivity index (χ1n) is 8.70. The van der Waals surface area contributed by atoms with Crippen LogP contribution in [0.5, 0.6) is 0 Å². The molecule has 1 aromatic carbocycles. The number of benzene rings is 1. The first-order valence-corrected chi connectivity index (χ1v) is 8.70. The van der Waals surface area contributed by atoms with E-state index in [1.165, 1.54) is 6.92 Å². The van der Waals surface area contributed by atoms with E-state index in [-0.39, 0.29) is 11.6 Å². The minimum absolute atomic E-state index is 0.0454. The first-order chi connectivity index (χ1) is 12.3. The Balaban J connectivity index is 1.74. The molecule has 2 N–H and O–H groups in total. The Morgan fingerprint density at radius 3 is 2.65 bits per heavy atom. The fourth-order valence-corrected chi connectivity index (χ4v) is 3.57. The van der Waals surface area contributed by atoms with Crippen molar-refractivity contribution in [1.29, 1.82) is 0 Å². The third kappa shape index (κ3) is 3.40. The molecule has 6 nitrogen and oxygen atoms in total. The maximum atomic E-state index is 14.1. The summed E-state index contributed by atoms with van der Waals surface area (Å²) in [5.74, 6) is -2.76. The Morgan fingerprint density at radius 1 is 1.27 bits per heavy atom. The van der Waals surface area contributed by atoms with Crippen LogP contribution in [-0.4, -0.2) is 35.3 Å². The second-order valence-corrected chi connectivity index (χ2v) is 6.97. The van der Waals surface area contributed by atoms with Crippen molar-refractivity contribution in [2.45, 2.75) is 50.6 Å². The van der Waals surface area contributed by atoms with Crippen molar-refractivity contribution in [1.82, 2.24) is 15.5 Å². The lowest BCUT2D eigenvalue weighted by Gasteiger charge is -2.24. The Hall–Kier alpha value is -2.51. The van der Waals surface area contributed by atoms with E-state index < -0.39 is 41.6 Å². The van der Waals surface area contributed by atoms with Gasteiger partial charge < -0.3 is 10.6 Å². The standard InChI is InChI=1S/C18H21F2N3O3/c1-18(13-9-11(19)7-8-14(13)20)16(25)23(17(26)22-18)10-15(24)21-12-5-3-2-4-6-12/h7-9,12H,2-6,10H2,1H3,(H,21,24)(H,22,26)/t18-/m1/s1. The highest BCUT2D eigenvalue weighted by molar-refractivity contribution is 6.09. The lowest BCUT2D eigenvalue weighted by molar-refractivity contribution is -0.135. The summed E-state index contributed by atoms with van der Waals surface area (Å²) in [5, 5.41) is 5.20. The van der Waals surface area contributed by atoms with Gasteiger partial charge in [0.2, 0.25) is 5.91 Å². The van der Waals surface area contributed by atoms with Gasteiger partial charge in [0.05, 0.1) is 0 Å². The fraction of sp³-hybridized carbons (Fsp3) is 0.500. The number of halogens is 2. The van der Waals surface area contributed by atoms with Gasteiger partial charge in [0.25, 0.3) is 5.91 Å². The minimum Gasteiger partial charge on any atom is -0.352 e. The van der Waals surface area contributed by atoms with Gasteiger partial charge in [-0.1, -0.05) is 19.3 Å². The Bertz CT molecular complexity index is 749. The van der Waals surface area contributed by atoms with Crippen LogP contribution in [-0.2, 0) is 15.1 Å². The zero-order valence-corrected chi connectivity index (χ0v) is 14.5. The summed E-state index contributed by atoms with van der Waals surface area (Å²) in [5.41, 5.74) is -2.03. The molecular weight excluding hydrogens is 344 g/mol. The van der Waals surface area contributed by atoms with Crippen molar-refractivity contribution in [3.63, 3.8) is 0 Å². The molecule has 140 valence electrons. The highest BCUT2D eigenvalue weighted by Crippen LogP contribution is 2.31. The first kappa shape index (κ1) is 18.3. The molecule has 4 amide bonds. The highest BCUT2D eigenvalue weighted by atomic mass is 19.1. The van der Waals surface area contributed by atoms with Crippen molar-refractivity contribution in [2.75, 3.05) is 6.54 Å². The van der Waals surface area contributed by atoms with E-state index >= 15 is 0 Å². The van der Waals surface area contributed by atoms with Crippen LogP contribution in [0, 0.1) is 11.6 Å². The molecule has 26 heavy (non-hydrogen) atoms. The molecule has 1 saturated heterocycles. The summed E-state index contributed by atoms with van der Waals surface area (Å²) in [6.45, 7) is 0.845. The summed E-state index contributed by atoms with van der Waals surface area (Å²) in [6, 6.07) is 1.94. The molecule has 1 atom stereocenters. The number of imide groups is 1. The van der Waals surface area contributed by atoms with Crippen LogP contribution in [0.25, 0.3) is 0 Å². The summed E-state index contributed by atoms with van der Waals surface area (Å²) >= 11 is 0. The van der Waals surface area contributed by atoms with Crippen molar-refractivity contribution in [3.05, 3.63) is 35.4 Å². The largest absolute Gasteiger partial charge is 0.352 e. The van der Waals surface area contributed by atoms with Crippen LogP contribution in [0.1, 0.15) is 44.6 Å². The Morgan fingerprint density at radius 2 is 1.96 bits per heavy atom. The quantitative estimate of drug-likeness (QED) is 0.803. The molecule has 1 saturated carbocycles. The smallest absolute Gasteiger partial charge is 0.325 e. The number of carbonyl (C=O) groups excluding carboxylic acids is 3. The zero-order chi connectivity index (χ0) is 18.9. The van der Waals surface area contributed by atoms with Gasteiger partial charge in [-0.3, -0.25) is 14.5 Å². The summed E-state index contributed by atoms with van der Waals surface area (Å²) in [4.78, 5) is 37.8. The summed E-state index contributed by atoms with van der Waals surface area (Å²) < 4.78 is 27.6. The van der Waals surface area contributed by atoms with Gasteiger partial charge in [0.15, 0.2) is 0 Å². The molecule has 2 fully saturated rings. The SMILES string of the molecule is C[C@]1(c2cc(F)ccc2F)NC(=O)N(CC(=O)NC2CCCCC2)C1=O. The summed E-state index contributed by atoms with van der Waals surface area (Å²) in [7, 11) is 0. The molecular formula is C18H21F2N3O3. The van der Waals surface area contributed by atoms with E-state index in [0.29, 0.717) is 0 Å². The number of hydrogen-bond donors (Lipinski definition) is 2. The van der Waals surface area contributed by atoms with Gasteiger partial charge in [0.1, 0.15) is 23.7 Å². The minimum atomic E-state index is -1.76. The van der Waals surface area contributed by atoms with Gasteiger partial charge in [-0.25, -0.2) is 13.6 Å². The van der Waals surface area contributed by atoms with Gasteiger partial charge in [-0.2, -0.15) is 0 Å². The predicted molar refractivity (Wildman–Crippen MR) is 89.0 cm³/mol. The molecule has 0 spiro atoms. The van der Waals surface area contributed by atoms with Gasteiger partial charge in [-0.15, -0.1) is 0 Å². The lowest BCUT2D eigenvalue weighted by Crippen LogP contribution is -2.46. The highest BCUT2D eigenvalue weighted by Gasteiger charge is 2.50. The maximum absolute atomic E-state index is 14.1. The second kappa shape index (κ2) is 7.01. The third-order valence-corrected chi connectivity index (χ3v) is 5.01. The van der Waals surface area contributed by atoms with Crippen molar-refractivity contribution >= 4 is 17.8 Å². The number of rotatable bonds is 4. The van der Waals surface area contributed by atoms with E-state index in [9.17, 15) is 23.2 Å². The average Bonchev–Trinajstić information content (AvgIpc) is 2.82. The molecule has 0 unspecified atom stereocenters. The van der Waals surface area contributed by atoms with Gasteiger partial charge in [0, 0.05) is 11.6 Å². The number of hydrogen-bond acceptors (Lipinski definition) is 3. The lowest BCUT2D eigenvalue weighted by atomic mass is 9.91. The van der Waals surface area contributed by atoms with E-state index in [0.717, 1.165) is 55.2 Å². The van der Waals surface area contributed by atoms with Crippen molar-refractivity contribution < 1.29 is 23.2 Å². The number of carbonyl (C=O) groups is 3. The van der Waals surface area contributed by atoms with E-state index in [1.807, 2.05) is 0 Å². The normalized spacial score (nSPS) is 23.9. The fourth-order valence-electron chi connectivity index (χ4n) is 3.57. The van der Waals surface area contributed by atoms with Crippen LogP contribution >= 0.6 is 0 Å². The van der Waals surface area contributed by atoms with E-state index in [2.05, 4.69) is 10.6 Å². The molecule has 8 heteroatoms. The second-order valence-electron chi connectivity index (χ2n) is 6.97.